The summed E-state index contributed by atoms with van der Waals surface area (Å²) in [6, 6.07) is 4.80. The van der Waals surface area contributed by atoms with E-state index in [1.165, 1.54) is 6.07 Å². The van der Waals surface area contributed by atoms with E-state index in [9.17, 15) is 15.0 Å². The fourth-order valence-electron chi connectivity index (χ4n) is 2.44. The van der Waals surface area contributed by atoms with E-state index in [1.54, 1.807) is 18.3 Å². The van der Waals surface area contributed by atoms with E-state index < -0.39 is 5.78 Å². The molecule has 0 amide bonds. The number of phenolic OH excluding ortho intramolecular Hbond substituents is 2. The number of hydrogen-bond acceptors (Lipinski definition) is 3. The number of phenols is 2. The number of aromatic amines is 1. The zero-order valence-corrected chi connectivity index (χ0v) is 13.3. The molecule has 0 unspecified atom stereocenters. The van der Waals surface area contributed by atoms with E-state index in [2.05, 4.69) is 11.9 Å². The molecule has 0 saturated carbocycles. The maximum atomic E-state index is 12.4. The molecule has 0 bridgehead atoms. The molecule has 22 heavy (non-hydrogen) atoms. The molecule has 4 nitrogen and oxygen atoms in total. The molecule has 0 saturated heterocycles. The molecule has 5 heteroatoms. The first-order valence-corrected chi connectivity index (χ1v) is 7.85. The first-order chi connectivity index (χ1) is 10.6. The monoisotopic (exact) mass is 321 g/mol. The lowest BCUT2D eigenvalue weighted by molar-refractivity contribution is 0.102. The molecular weight excluding hydrogens is 302 g/mol. The summed E-state index contributed by atoms with van der Waals surface area (Å²) in [5, 5.41) is 20.5. The number of carbonyl (C=O) groups is 1. The topological polar surface area (TPSA) is 73.3 Å². The number of aromatic hydroxyl groups is 2. The van der Waals surface area contributed by atoms with Crippen LogP contribution in [0.1, 0.15) is 54.2 Å². The van der Waals surface area contributed by atoms with Crippen LogP contribution in [-0.2, 0) is 6.42 Å². The molecule has 0 atom stereocenters. The largest absolute Gasteiger partial charge is 0.507 e. The molecule has 0 fully saturated rings. The average molecular weight is 322 g/mol. The Kier molecular flexibility index (Phi) is 5.50. The number of aromatic nitrogens is 1. The van der Waals surface area contributed by atoms with E-state index in [4.69, 9.17) is 11.6 Å². The number of unbranched alkanes of at least 4 members (excludes halogenated alkanes) is 3. The number of halogens is 1. The van der Waals surface area contributed by atoms with E-state index in [-0.39, 0.29) is 22.1 Å². The van der Waals surface area contributed by atoms with Gasteiger partial charge in [-0.15, -0.1) is 0 Å². The molecule has 2 aromatic rings. The lowest BCUT2D eigenvalue weighted by atomic mass is 9.98. The molecule has 0 radical (unpaired) electrons. The van der Waals surface area contributed by atoms with Gasteiger partial charge in [0.15, 0.2) is 0 Å². The van der Waals surface area contributed by atoms with Gasteiger partial charge in [0.2, 0.25) is 5.78 Å². The van der Waals surface area contributed by atoms with Gasteiger partial charge in [-0.25, -0.2) is 0 Å². The van der Waals surface area contributed by atoms with Gasteiger partial charge in [0.25, 0.3) is 0 Å². The van der Waals surface area contributed by atoms with Crippen LogP contribution in [0.2, 0.25) is 5.02 Å². The van der Waals surface area contributed by atoms with Crippen molar-refractivity contribution < 1.29 is 15.0 Å². The molecule has 118 valence electrons. The zero-order valence-electron chi connectivity index (χ0n) is 12.5. The van der Waals surface area contributed by atoms with Gasteiger partial charge >= 0.3 is 0 Å². The first kappa shape index (κ1) is 16.4. The highest BCUT2D eigenvalue weighted by Gasteiger charge is 2.23. The molecule has 0 aliphatic carbocycles. The molecule has 2 rings (SSSR count). The fraction of sp³-hybridized carbons (Fsp3) is 0.353. The summed E-state index contributed by atoms with van der Waals surface area (Å²) < 4.78 is 0. The smallest absolute Gasteiger partial charge is 0.216 e. The van der Waals surface area contributed by atoms with Crippen LogP contribution in [0, 0.1) is 0 Å². The van der Waals surface area contributed by atoms with E-state index in [0.29, 0.717) is 17.7 Å². The highest BCUT2D eigenvalue weighted by atomic mass is 35.5. The van der Waals surface area contributed by atoms with Crippen LogP contribution in [0.15, 0.2) is 24.4 Å². The zero-order chi connectivity index (χ0) is 16.1. The highest BCUT2D eigenvalue weighted by Crippen LogP contribution is 2.39. The minimum Gasteiger partial charge on any atom is -0.507 e. The molecule has 0 spiro atoms. The Morgan fingerprint density at radius 3 is 2.64 bits per heavy atom. The van der Waals surface area contributed by atoms with Gasteiger partial charge in [0.1, 0.15) is 17.1 Å². The van der Waals surface area contributed by atoms with Crippen LogP contribution < -0.4 is 0 Å². The van der Waals surface area contributed by atoms with Crippen LogP contribution in [0.4, 0.5) is 0 Å². The van der Waals surface area contributed by atoms with Gasteiger partial charge in [0.05, 0.1) is 10.7 Å². The summed E-state index contributed by atoms with van der Waals surface area (Å²) in [5.74, 6) is -1.04. The second-order valence-electron chi connectivity index (χ2n) is 5.31. The average Bonchev–Trinajstić information content (AvgIpc) is 3.03. The van der Waals surface area contributed by atoms with Gasteiger partial charge in [0, 0.05) is 6.20 Å². The molecule has 0 aliphatic heterocycles. The van der Waals surface area contributed by atoms with E-state index in [0.717, 1.165) is 25.7 Å². The maximum absolute atomic E-state index is 12.4. The van der Waals surface area contributed by atoms with Crippen molar-refractivity contribution in [2.24, 2.45) is 0 Å². The third-order valence-electron chi connectivity index (χ3n) is 3.67. The van der Waals surface area contributed by atoms with Crippen LogP contribution in [-0.4, -0.2) is 21.0 Å². The van der Waals surface area contributed by atoms with Crippen molar-refractivity contribution in [3.8, 4) is 11.5 Å². The summed E-state index contributed by atoms with van der Waals surface area (Å²) in [4.78, 5) is 15.2. The number of benzene rings is 1. The predicted octanol–water partition coefficient (Wildman–Crippen LogP) is 4.43. The minimum absolute atomic E-state index is 0.0817. The van der Waals surface area contributed by atoms with Crippen molar-refractivity contribution in [3.05, 3.63) is 46.2 Å². The standard InChI is InChI=1S/C17H20ClNO3/c1-2-3-4-5-7-11-10-12(18)16(21)14(15(11)20)17(22)13-8-6-9-19-13/h6,8-10,19-21H,2-5,7H2,1H3. The number of ketones is 1. The van der Waals surface area contributed by atoms with Gasteiger partial charge in [-0.05, 0) is 36.6 Å². The van der Waals surface area contributed by atoms with E-state index >= 15 is 0 Å². The Morgan fingerprint density at radius 2 is 2.00 bits per heavy atom. The summed E-state index contributed by atoms with van der Waals surface area (Å²) in [5.41, 5.74) is 0.749. The Hall–Kier alpha value is -1.94. The number of hydrogen-bond donors (Lipinski definition) is 3. The first-order valence-electron chi connectivity index (χ1n) is 7.47. The quantitative estimate of drug-likeness (QED) is 0.521. The van der Waals surface area contributed by atoms with E-state index in [1.807, 2.05) is 0 Å². The second kappa shape index (κ2) is 7.36. The lowest BCUT2D eigenvalue weighted by Gasteiger charge is -2.12. The van der Waals surface area contributed by atoms with Crippen molar-refractivity contribution >= 4 is 17.4 Å². The predicted molar refractivity (Wildman–Crippen MR) is 86.9 cm³/mol. The number of rotatable bonds is 7. The third kappa shape index (κ3) is 3.45. The van der Waals surface area contributed by atoms with Crippen molar-refractivity contribution in [1.82, 2.24) is 4.98 Å². The molecule has 0 aliphatic rings. The van der Waals surface area contributed by atoms with Gasteiger partial charge in [-0.1, -0.05) is 37.8 Å². The Balaban J connectivity index is 2.32. The van der Waals surface area contributed by atoms with Crippen LogP contribution in [0.3, 0.4) is 0 Å². The Bertz CT molecular complexity index is 650. The SMILES string of the molecule is CCCCCCc1cc(Cl)c(O)c(C(=O)c2ccc[nH]2)c1O. The van der Waals surface area contributed by atoms with Crippen molar-refractivity contribution in [2.45, 2.75) is 39.0 Å². The van der Waals surface area contributed by atoms with Crippen molar-refractivity contribution in [2.75, 3.05) is 0 Å². The number of carbonyl (C=O) groups excluding carboxylic acids is 1. The summed E-state index contributed by atoms with van der Waals surface area (Å²) >= 11 is 6.01. The maximum Gasteiger partial charge on any atom is 0.216 e. The number of nitrogens with one attached hydrogen (secondary N) is 1. The Morgan fingerprint density at radius 1 is 1.23 bits per heavy atom. The molecule has 1 aromatic carbocycles. The van der Waals surface area contributed by atoms with Crippen molar-refractivity contribution in [1.29, 1.82) is 0 Å². The summed E-state index contributed by atoms with van der Waals surface area (Å²) in [6.07, 6.45) is 6.43. The number of aryl methyl sites for hydroxylation is 1. The van der Waals surface area contributed by atoms with Crippen LogP contribution >= 0.6 is 11.6 Å². The summed E-state index contributed by atoms with van der Waals surface area (Å²) in [6.45, 7) is 2.13. The molecule has 1 heterocycles. The van der Waals surface area contributed by atoms with Gasteiger partial charge < -0.3 is 15.2 Å². The number of H-pyrrole nitrogens is 1. The second-order valence-corrected chi connectivity index (χ2v) is 5.72. The molecule has 1 aromatic heterocycles. The van der Waals surface area contributed by atoms with Crippen molar-refractivity contribution in [3.63, 3.8) is 0 Å². The molecular formula is C17H20ClNO3. The fourth-order valence-corrected chi connectivity index (χ4v) is 2.66. The van der Waals surface area contributed by atoms with Gasteiger partial charge in [-0.2, -0.15) is 0 Å². The normalized spacial score (nSPS) is 10.8. The molecule has 3 N–H and O–H groups in total. The van der Waals surface area contributed by atoms with Gasteiger partial charge in [-0.3, -0.25) is 4.79 Å². The lowest BCUT2D eigenvalue weighted by Crippen LogP contribution is -2.05. The third-order valence-corrected chi connectivity index (χ3v) is 3.96. The van der Waals surface area contributed by atoms with Crippen LogP contribution in [0.25, 0.3) is 0 Å². The Labute approximate surface area is 134 Å². The van der Waals surface area contributed by atoms with Crippen LogP contribution in [0.5, 0.6) is 11.5 Å². The highest BCUT2D eigenvalue weighted by molar-refractivity contribution is 6.33. The minimum atomic E-state index is -0.475. The summed E-state index contributed by atoms with van der Waals surface area (Å²) in [7, 11) is 0.